The minimum atomic E-state index is -1.31. The van der Waals surface area contributed by atoms with Crippen molar-refractivity contribution in [2.24, 2.45) is 5.92 Å². The van der Waals surface area contributed by atoms with Gasteiger partial charge in [-0.2, -0.15) is 0 Å². The van der Waals surface area contributed by atoms with Gasteiger partial charge in [-0.15, -0.1) is 0 Å². The Labute approximate surface area is 248 Å². The summed E-state index contributed by atoms with van der Waals surface area (Å²) in [7, 11) is 0. The first-order valence-corrected chi connectivity index (χ1v) is 14.9. The second-order valence-corrected chi connectivity index (χ2v) is 12.5. The maximum absolute atomic E-state index is 13.5. The largest absolute Gasteiger partial charge is 0.483 e. The third-order valence-corrected chi connectivity index (χ3v) is 9.83. The Morgan fingerprint density at radius 3 is 2.63 bits per heavy atom. The Morgan fingerprint density at radius 2 is 1.83 bits per heavy atom. The van der Waals surface area contributed by atoms with Crippen molar-refractivity contribution in [2.45, 2.75) is 16.2 Å². The van der Waals surface area contributed by atoms with Gasteiger partial charge >= 0.3 is 10.8 Å². The molecule has 0 saturated carbocycles. The van der Waals surface area contributed by atoms with Crippen molar-refractivity contribution in [3.05, 3.63) is 85.2 Å². The molecule has 2 aliphatic heterocycles. The van der Waals surface area contributed by atoms with E-state index in [4.69, 9.17) is 4.74 Å². The highest BCUT2D eigenvalue weighted by Gasteiger charge is 2.56. The van der Waals surface area contributed by atoms with Crippen LogP contribution in [0.1, 0.15) is 16.4 Å². The average Bonchev–Trinajstić information content (AvgIpc) is 3.43. The molecule has 3 aromatic carbocycles. The Hall–Kier alpha value is -3.94. The molecular formula is C28H20BrN3O7S2. The number of carboxylic acids is 1. The van der Waals surface area contributed by atoms with Crippen LogP contribution in [0.5, 0.6) is 5.75 Å². The minimum Gasteiger partial charge on any atom is -0.483 e. The van der Waals surface area contributed by atoms with Crippen LogP contribution < -0.4 is 14.9 Å². The maximum atomic E-state index is 13.5. The van der Waals surface area contributed by atoms with E-state index in [1.54, 1.807) is 24.3 Å². The number of carboxylic acid groups (broad SMARTS) is 1. The third kappa shape index (κ3) is 5.04. The zero-order chi connectivity index (χ0) is 28.8. The number of ether oxygens (including phenoxy) is 1. The molecule has 3 atom stereocenters. The molecule has 0 bridgehead atoms. The fourth-order valence-electron chi connectivity index (χ4n) is 5.26. The second kappa shape index (κ2) is 10.8. The summed E-state index contributed by atoms with van der Waals surface area (Å²) in [5, 5.41) is 13.6. The monoisotopic (exact) mass is 653 g/mol. The SMILES string of the molecule is O=C(O)CN1C(=O)C2Sc3[nH]c(=O)sc3[C@@H](c3cc(Br)ccc3OCC(=O)Nc3cccc4ccccc34)C2C1=O. The van der Waals surface area contributed by atoms with Crippen LogP contribution >= 0.6 is 39.0 Å². The van der Waals surface area contributed by atoms with Gasteiger partial charge in [0.15, 0.2) is 6.61 Å². The van der Waals surface area contributed by atoms with Gasteiger partial charge in [0.05, 0.1) is 10.9 Å². The molecule has 4 aromatic rings. The summed E-state index contributed by atoms with van der Waals surface area (Å²) in [6, 6.07) is 18.3. The molecule has 208 valence electrons. The number of aliphatic carboxylic acids is 1. The summed E-state index contributed by atoms with van der Waals surface area (Å²) in [4.78, 5) is 67.0. The molecule has 0 aliphatic carbocycles. The normalized spacial score (nSPS) is 19.6. The number of aromatic nitrogens is 1. The zero-order valence-corrected chi connectivity index (χ0v) is 24.2. The van der Waals surface area contributed by atoms with E-state index in [9.17, 15) is 29.1 Å². The number of carbonyl (C=O) groups is 4. The Balaban J connectivity index is 1.33. The van der Waals surface area contributed by atoms with Crippen LogP contribution in [0.4, 0.5) is 5.69 Å². The van der Waals surface area contributed by atoms with E-state index in [1.165, 1.54) is 0 Å². The number of hydrogen-bond donors (Lipinski definition) is 3. The van der Waals surface area contributed by atoms with Gasteiger partial charge in [-0.3, -0.25) is 28.9 Å². The molecule has 2 aliphatic rings. The van der Waals surface area contributed by atoms with Crippen LogP contribution in [-0.2, 0) is 19.2 Å². The molecule has 3 heterocycles. The first-order valence-electron chi connectivity index (χ1n) is 12.4. The van der Waals surface area contributed by atoms with Crippen molar-refractivity contribution in [1.29, 1.82) is 0 Å². The molecule has 1 aromatic heterocycles. The van der Waals surface area contributed by atoms with Gasteiger partial charge in [0.2, 0.25) is 11.8 Å². The van der Waals surface area contributed by atoms with Crippen LogP contribution in [0.2, 0.25) is 0 Å². The van der Waals surface area contributed by atoms with Gasteiger partial charge in [-0.1, -0.05) is 75.4 Å². The first-order chi connectivity index (χ1) is 19.7. The van der Waals surface area contributed by atoms with E-state index < -0.39 is 47.3 Å². The molecule has 6 rings (SSSR count). The highest BCUT2D eigenvalue weighted by atomic mass is 79.9. The standard InChI is InChI=1S/C28H20BrN3O7S2/c29-14-8-9-18(39-12-19(33)30-17-7-3-5-13-4-1-2-6-15(13)17)16(10-14)21-22-24(40-25-23(21)41-28(38)31-25)27(37)32(26(22)36)11-20(34)35/h1-10,21-22,24H,11-12H2,(H,30,33)(H,31,38)(H,34,35)/t21-,22?,24?/m0/s1. The van der Waals surface area contributed by atoms with Crippen molar-refractivity contribution < 1.29 is 29.0 Å². The van der Waals surface area contributed by atoms with Gasteiger partial charge in [-0.05, 0) is 29.7 Å². The van der Waals surface area contributed by atoms with Gasteiger partial charge in [0.25, 0.3) is 5.91 Å². The molecule has 2 unspecified atom stereocenters. The van der Waals surface area contributed by atoms with E-state index in [-0.39, 0.29) is 11.5 Å². The predicted molar refractivity (Wildman–Crippen MR) is 156 cm³/mol. The van der Waals surface area contributed by atoms with Crippen LogP contribution in [0.3, 0.4) is 0 Å². The average molecular weight is 655 g/mol. The van der Waals surface area contributed by atoms with Crippen molar-refractivity contribution >= 4 is 79.2 Å². The highest BCUT2D eigenvalue weighted by Crippen LogP contribution is 2.54. The summed E-state index contributed by atoms with van der Waals surface area (Å²) in [5.74, 6) is -4.43. The summed E-state index contributed by atoms with van der Waals surface area (Å²) in [5.41, 5.74) is 1.12. The number of H-pyrrole nitrogens is 1. The second-order valence-electron chi connectivity index (χ2n) is 9.45. The van der Waals surface area contributed by atoms with E-state index in [2.05, 4.69) is 26.2 Å². The van der Waals surface area contributed by atoms with E-state index >= 15 is 0 Å². The summed E-state index contributed by atoms with van der Waals surface area (Å²) in [6.45, 7) is -1.10. The number of anilines is 1. The number of aromatic amines is 1. The number of nitrogens with one attached hydrogen (secondary N) is 2. The zero-order valence-electron chi connectivity index (χ0n) is 21.0. The number of rotatable bonds is 7. The van der Waals surface area contributed by atoms with Crippen molar-refractivity contribution in [3.8, 4) is 5.75 Å². The van der Waals surface area contributed by atoms with Gasteiger partial charge in [-0.25, -0.2) is 0 Å². The number of nitrogens with zero attached hydrogens (tertiary/aromatic N) is 1. The number of thioether (sulfide) groups is 1. The number of imide groups is 1. The summed E-state index contributed by atoms with van der Waals surface area (Å²) in [6.07, 6.45) is 0. The highest BCUT2D eigenvalue weighted by molar-refractivity contribution is 9.10. The number of carbonyl (C=O) groups excluding carboxylic acids is 3. The third-order valence-electron chi connectivity index (χ3n) is 6.94. The quantitative estimate of drug-likeness (QED) is 0.253. The number of hydrogen-bond acceptors (Lipinski definition) is 8. The van der Waals surface area contributed by atoms with Crippen molar-refractivity contribution in [2.75, 3.05) is 18.5 Å². The minimum absolute atomic E-state index is 0.292. The molecule has 10 nitrogen and oxygen atoms in total. The number of likely N-dealkylation sites (tertiary alicyclic amines) is 1. The molecule has 3 amide bonds. The molecule has 1 saturated heterocycles. The van der Waals surface area contributed by atoms with Crippen LogP contribution in [-0.4, -0.2) is 57.1 Å². The maximum Gasteiger partial charge on any atom is 0.323 e. The smallest absolute Gasteiger partial charge is 0.323 e. The lowest BCUT2D eigenvalue weighted by Crippen LogP contribution is -2.36. The van der Waals surface area contributed by atoms with Crippen molar-refractivity contribution in [1.82, 2.24) is 9.88 Å². The number of thiazole rings is 1. The first kappa shape index (κ1) is 27.2. The van der Waals surface area contributed by atoms with Gasteiger partial charge in [0.1, 0.15) is 17.5 Å². The Kier molecular flexibility index (Phi) is 7.18. The summed E-state index contributed by atoms with van der Waals surface area (Å²) >= 11 is 5.43. The Bertz CT molecular complexity index is 1800. The lowest BCUT2D eigenvalue weighted by molar-refractivity contribution is -0.149. The number of benzene rings is 3. The van der Waals surface area contributed by atoms with Crippen molar-refractivity contribution in [3.63, 3.8) is 0 Å². The van der Waals surface area contributed by atoms with Gasteiger partial charge < -0.3 is 20.1 Å². The molecular weight excluding hydrogens is 634 g/mol. The van der Waals surface area contributed by atoms with E-state index in [0.717, 1.165) is 38.8 Å². The lowest BCUT2D eigenvalue weighted by atomic mass is 9.82. The number of fused-ring (bicyclic) bond motifs is 3. The van der Waals surface area contributed by atoms with Gasteiger partial charge in [0, 0.05) is 31.9 Å². The molecule has 0 spiro atoms. The molecule has 13 heteroatoms. The van der Waals surface area contributed by atoms with Crippen LogP contribution in [0.15, 0.2) is 75.0 Å². The Morgan fingerprint density at radius 1 is 1.05 bits per heavy atom. The molecule has 41 heavy (non-hydrogen) atoms. The summed E-state index contributed by atoms with van der Waals surface area (Å²) < 4.78 is 6.64. The van der Waals surface area contributed by atoms with Crippen LogP contribution in [0.25, 0.3) is 10.8 Å². The van der Waals surface area contributed by atoms with E-state index in [0.29, 0.717) is 31.4 Å². The van der Waals surface area contributed by atoms with Crippen LogP contribution in [0, 0.1) is 5.92 Å². The predicted octanol–water partition coefficient (Wildman–Crippen LogP) is 4.05. The lowest BCUT2D eigenvalue weighted by Gasteiger charge is -2.31. The molecule has 3 N–H and O–H groups in total. The molecule has 1 fully saturated rings. The number of amides is 3. The fraction of sp³-hybridized carbons (Fsp3) is 0.179. The van der Waals surface area contributed by atoms with E-state index in [1.807, 2.05) is 36.4 Å². The topological polar surface area (TPSA) is 146 Å². The number of halogens is 1. The molecule has 0 radical (unpaired) electrons. The fourth-order valence-corrected chi connectivity index (χ4v) is 8.16.